The van der Waals surface area contributed by atoms with Gasteiger partial charge < -0.3 is 5.32 Å². The van der Waals surface area contributed by atoms with Crippen LogP contribution in [-0.4, -0.2) is 26.6 Å². The van der Waals surface area contributed by atoms with Crippen molar-refractivity contribution in [2.24, 2.45) is 0 Å². The van der Waals surface area contributed by atoms with Crippen molar-refractivity contribution in [3.8, 4) is 0 Å². The molecule has 0 radical (unpaired) electrons. The standard InChI is InChI=1S/C9H12N4O2/c1-2-10-9-8(13(14)15)7-5-3-4-6-12(7)11-9/h3-6,14-15H,2H2,1H3,(H,10,11). The SMILES string of the molecule is CCNc1nn2ccccc2c1N(O)O. The fourth-order valence-electron chi connectivity index (χ4n) is 1.47. The van der Waals surface area contributed by atoms with Gasteiger partial charge >= 0.3 is 0 Å². The molecule has 0 aliphatic rings. The zero-order valence-corrected chi connectivity index (χ0v) is 8.25. The van der Waals surface area contributed by atoms with E-state index in [1.807, 2.05) is 13.0 Å². The number of nitrogens with one attached hydrogen (secondary N) is 1. The average molecular weight is 208 g/mol. The van der Waals surface area contributed by atoms with Gasteiger partial charge in [0.15, 0.2) is 11.5 Å². The van der Waals surface area contributed by atoms with E-state index in [0.29, 0.717) is 17.9 Å². The van der Waals surface area contributed by atoms with Gasteiger partial charge in [-0.15, -0.1) is 10.3 Å². The maximum Gasteiger partial charge on any atom is 0.177 e. The molecule has 3 N–H and O–H groups in total. The van der Waals surface area contributed by atoms with Gasteiger partial charge in [0.2, 0.25) is 0 Å². The molecule has 2 rings (SSSR count). The number of aromatic nitrogens is 2. The van der Waals surface area contributed by atoms with Crippen molar-refractivity contribution in [2.75, 3.05) is 17.1 Å². The molecule has 0 atom stereocenters. The first-order chi connectivity index (χ1) is 7.24. The van der Waals surface area contributed by atoms with Gasteiger partial charge in [0.05, 0.1) is 5.52 Å². The van der Waals surface area contributed by atoms with Gasteiger partial charge in [0.25, 0.3) is 0 Å². The number of fused-ring (bicyclic) bond motifs is 1. The number of anilines is 2. The molecule has 0 aliphatic carbocycles. The molecule has 0 saturated heterocycles. The van der Waals surface area contributed by atoms with E-state index in [1.54, 1.807) is 22.8 Å². The second kappa shape index (κ2) is 3.76. The molecule has 0 aliphatic heterocycles. The van der Waals surface area contributed by atoms with Crippen LogP contribution >= 0.6 is 0 Å². The Morgan fingerprint density at radius 1 is 1.47 bits per heavy atom. The summed E-state index contributed by atoms with van der Waals surface area (Å²) in [7, 11) is 0. The first kappa shape index (κ1) is 9.75. The summed E-state index contributed by atoms with van der Waals surface area (Å²) < 4.78 is 1.58. The molecule has 0 spiro atoms. The molecule has 0 amide bonds. The van der Waals surface area contributed by atoms with Gasteiger partial charge in [-0.2, -0.15) is 0 Å². The molecule has 0 unspecified atom stereocenters. The van der Waals surface area contributed by atoms with Crippen LogP contribution in [0.5, 0.6) is 0 Å². The Hall–Kier alpha value is -1.79. The van der Waals surface area contributed by atoms with Crippen molar-refractivity contribution in [1.82, 2.24) is 9.61 Å². The number of hydrogen-bond acceptors (Lipinski definition) is 5. The molecule has 2 heterocycles. The number of hydrogen-bond donors (Lipinski definition) is 3. The van der Waals surface area contributed by atoms with E-state index in [4.69, 9.17) is 10.4 Å². The minimum Gasteiger partial charge on any atom is -0.367 e. The molecular weight excluding hydrogens is 196 g/mol. The van der Waals surface area contributed by atoms with Crippen LogP contribution < -0.4 is 10.5 Å². The smallest absolute Gasteiger partial charge is 0.177 e. The van der Waals surface area contributed by atoms with E-state index in [1.165, 1.54) is 0 Å². The highest BCUT2D eigenvalue weighted by Gasteiger charge is 2.15. The van der Waals surface area contributed by atoms with Crippen molar-refractivity contribution in [1.29, 1.82) is 0 Å². The van der Waals surface area contributed by atoms with Gasteiger partial charge in [0.1, 0.15) is 0 Å². The van der Waals surface area contributed by atoms with Crippen molar-refractivity contribution in [3.05, 3.63) is 24.4 Å². The monoisotopic (exact) mass is 208 g/mol. The van der Waals surface area contributed by atoms with Crippen LogP contribution in [0.15, 0.2) is 24.4 Å². The Balaban J connectivity index is 2.63. The predicted molar refractivity (Wildman–Crippen MR) is 55.4 cm³/mol. The van der Waals surface area contributed by atoms with Crippen molar-refractivity contribution < 1.29 is 10.4 Å². The van der Waals surface area contributed by atoms with Gasteiger partial charge in [-0.1, -0.05) is 6.07 Å². The first-order valence-electron chi connectivity index (χ1n) is 4.63. The van der Waals surface area contributed by atoms with Crippen LogP contribution in [0.4, 0.5) is 11.5 Å². The van der Waals surface area contributed by atoms with Gasteiger partial charge in [-0.3, -0.25) is 10.4 Å². The minimum absolute atomic E-state index is 0.0837. The third kappa shape index (κ3) is 1.60. The van der Waals surface area contributed by atoms with Gasteiger partial charge in [-0.05, 0) is 19.1 Å². The van der Waals surface area contributed by atoms with Crippen LogP contribution in [0.1, 0.15) is 6.92 Å². The number of pyridine rings is 1. The number of rotatable bonds is 3. The van der Waals surface area contributed by atoms with E-state index in [-0.39, 0.29) is 10.9 Å². The zero-order valence-electron chi connectivity index (χ0n) is 8.25. The molecule has 6 nitrogen and oxygen atoms in total. The largest absolute Gasteiger partial charge is 0.367 e. The topological polar surface area (TPSA) is 73.0 Å². The molecule has 2 aromatic heterocycles. The summed E-state index contributed by atoms with van der Waals surface area (Å²) in [5.74, 6) is 0.439. The lowest BCUT2D eigenvalue weighted by Crippen LogP contribution is -2.13. The third-order valence-corrected chi connectivity index (χ3v) is 2.06. The van der Waals surface area contributed by atoms with Crippen molar-refractivity contribution in [2.45, 2.75) is 6.92 Å². The maximum atomic E-state index is 9.11. The van der Waals surface area contributed by atoms with Gasteiger partial charge in [-0.25, -0.2) is 4.52 Å². The average Bonchev–Trinajstić information content (AvgIpc) is 2.56. The first-order valence-corrected chi connectivity index (χ1v) is 4.63. The summed E-state index contributed by atoms with van der Waals surface area (Å²) in [4.78, 5) is 0. The molecule has 80 valence electrons. The number of nitrogens with zero attached hydrogens (tertiary/aromatic N) is 3. The predicted octanol–water partition coefficient (Wildman–Crippen LogP) is 1.35. The maximum absolute atomic E-state index is 9.11. The summed E-state index contributed by atoms with van der Waals surface area (Å²) in [6.07, 6.45) is 1.74. The quantitative estimate of drug-likeness (QED) is 0.664. The van der Waals surface area contributed by atoms with Crippen molar-refractivity contribution >= 4 is 17.0 Å². The Labute approximate surface area is 86.3 Å². The zero-order chi connectivity index (χ0) is 10.8. The fraction of sp³-hybridized carbons (Fsp3) is 0.222. The van der Waals surface area contributed by atoms with Crippen LogP contribution in [0.3, 0.4) is 0 Å². The lowest BCUT2D eigenvalue weighted by molar-refractivity contribution is 0.0303. The normalized spacial score (nSPS) is 10.6. The van der Waals surface area contributed by atoms with Crippen LogP contribution in [0, 0.1) is 0 Å². The molecule has 0 bridgehead atoms. The van der Waals surface area contributed by atoms with E-state index in [9.17, 15) is 0 Å². The van der Waals surface area contributed by atoms with Gasteiger partial charge in [0, 0.05) is 12.7 Å². The molecule has 15 heavy (non-hydrogen) atoms. The van der Waals surface area contributed by atoms with E-state index in [0.717, 1.165) is 0 Å². The molecule has 0 aromatic carbocycles. The van der Waals surface area contributed by atoms with Crippen LogP contribution in [-0.2, 0) is 0 Å². The Morgan fingerprint density at radius 3 is 2.93 bits per heavy atom. The Kier molecular flexibility index (Phi) is 2.44. The molecule has 0 fully saturated rings. The molecule has 0 saturated carbocycles. The summed E-state index contributed by atoms with van der Waals surface area (Å²) in [5.41, 5.74) is 0.871. The summed E-state index contributed by atoms with van der Waals surface area (Å²) in [5, 5.41) is 25.4. The minimum atomic E-state index is 0.0837. The molecule has 6 heteroatoms. The second-order valence-corrected chi connectivity index (χ2v) is 3.05. The lowest BCUT2D eigenvalue weighted by Gasteiger charge is -2.08. The van der Waals surface area contributed by atoms with Crippen LogP contribution in [0.25, 0.3) is 5.52 Å². The fourth-order valence-corrected chi connectivity index (χ4v) is 1.47. The van der Waals surface area contributed by atoms with E-state index in [2.05, 4.69) is 10.4 Å². The third-order valence-electron chi connectivity index (χ3n) is 2.06. The molecular formula is C9H12N4O2. The highest BCUT2D eigenvalue weighted by Crippen LogP contribution is 2.28. The Morgan fingerprint density at radius 2 is 2.27 bits per heavy atom. The van der Waals surface area contributed by atoms with Crippen molar-refractivity contribution in [3.63, 3.8) is 0 Å². The summed E-state index contributed by atoms with van der Waals surface area (Å²) in [6, 6.07) is 5.38. The highest BCUT2D eigenvalue weighted by atomic mass is 16.8. The second-order valence-electron chi connectivity index (χ2n) is 3.05. The lowest BCUT2D eigenvalue weighted by atomic mass is 10.3. The Bertz CT molecular complexity index is 466. The summed E-state index contributed by atoms with van der Waals surface area (Å²) in [6.45, 7) is 2.57. The molecule has 2 aromatic rings. The van der Waals surface area contributed by atoms with E-state index >= 15 is 0 Å². The summed E-state index contributed by atoms with van der Waals surface area (Å²) >= 11 is 0. The highest BCUT2D eigenvalue weighted by molar-refractivity contribution is 5.82. The van der Waals surface area contributed by atoms with Crippen LogP contribution in [0.2, 0.25) is 0 Å². The van der Waals surface area contributed by atoms with E-state index < -0.39 is 0 Å².